The highest BCUT2D eigenvalue weighted by Crippen LogP contribution is 2.20. The molecule has 2 heterocycles. The SMILES string of the molecule is CCCc1nc(NC)cc(N2CCN(C)C(CC)C2)n1. The first kappa shape index (κ1) is 15.0. The van der Waals surface area contributed by atoms with Crippen LogP contribution in [-0.2, 0) is 6.42 Å². The molecule has 0 spiro atoms. The number of aromatic nitrogens is 2. The van der Waals surface area contributed by atoms with Crippen LogP contribution in [-0.4, -0.2) is 54.6 Å². The monoisotopic (exact) mass is 277 g/mol. The summed E-state index contributed by atoms with van der Waals surface area (Å²) >= 11 is 0. The second-order valence-electron chi connectivity index (χ2n) is 5.52. The van der Waals surface area contributed by atoms with E-state index >= 15 is 0 Å². The highest BCUT2D eigenvalue weighted by molar-refractivity contribution is 5.49. The third kappa shape index (κ3) is 3.39. The van der Waals surface area contributed by atoms with Crippen LogP contribution >= 0.6 is 0 Å². The molecular formula is C15H27N5. The highest BCUT2D eigenvalue weighted by Gasteiger charge is 2.24. The Balaban J connectivity index is 2.20. The van der Waals surface area contributed by atoms with Crippen LogP contribution < -0.4 is 10.2 Å². The van der Waals surface area contributed by atoms with E-state index in [2.05, 4.69) is 47.1 Å². The summed E-state index contributed by atoms with van der Waals surface area (Å²) in [5.74, 6) is 2.94. The van der Waals surface area contributed by atoms with Crippen molar-refractivity contribution >= 4 is 11.6 Å². The van der Waals surface area contributed by atoms with E-state index in [9.17, 15) is 0 Å². The van der Waals surface area contributed by atoms with Crippen LogP contribution in [0.25, 0.3) is 0 Å². The fraction of sp³-hybridized carbons (Fsp3) is 0.733. The standard InChI is InChI=1S/C15H27N5/c1-5-7-13-17-14(16-3)10-15(18-13)20-9-8-19(4)12(6-2)11-20/h10,12H,5-9,11H2,1-4H3,(H,16,17,18). The van der Waals surface area contributed by atoms with Crippen molar-refractivity contribution in [2.24, 2.45) is 0 Å². The van der Waals surface area contributed by atoms with Gasteiger partial charge in [-0.3, -0.25) is 4.90 Å². The molecule has 0 saturated carbocycles. The molecule has 1 aliphatic rings. The lowest BCUT2D eigenvalue weighted by atomic mass is 10.1. The van der Waals surface area contributed by atoms with Gasteiger partial charge in [-0.05, 0) is 19.9 Å². The Kier molecular flexibility index (Phi) is 5.17. The highest BCUT2D eigenvalue weighted by atomic mass is 15.3. The summed E-state index contributed by atoms with van der Waals surface area (Å²) in [7, 11) is 4.13. The molecule has 0 aromatic carbocycles. The molecule has 1 unspecified atom stereocenters. The molecule has 5 nitrogen and oxygen atoms in total. The Morgan fingerprint density at radius 2 is 2.10 bits per heavy atom. The summed E-state index contributed by atoms with van der Waals surface area (Å²) in [6, 6.07) is 2.68. The first-order valence-corrected chi connectivity index (χ1v) is 7.68. The van der Waals surface area contributed by atoms with E-state index in [4.69, 9.17) is 4.98 Å². The van der Waals surface area contributed by atoms with Crippen LogP contribution in [0, 0.1) is 0 Å². The van der Waals surface area contributed by atoms with Crippen molar-refractivity contribution in [1.29, 1.82) is 0 Å². The van der Waals surface area contributed by atoms with E-state index < -0.39 is 0 Å². The summed E-state index contributed by atoms with van der Waals surface area (Å²) < 4.78 is 0. The summed E-state index contributed by atoms with van der Waals surface area (Å²) in [6.07, 6.45) is 3.19. The van der Waals surface area contributed by atoms with E-state index in [1.54, 1.807) is 0 Å². The Labute approximate surface area is 122 Å². The molecule has 1 aromatic heterocycles. The van der Waals surface area contributed by atoms with Gasteiger partial charge in [0.25, 0.3) is 0 Å². The fourth-order valence-corrected chi connectivity index (χ4v) is 2.70. The summed E-state index contributed by atoms with van der Waals surface area (Å²) in [4.78, 5) is 14.1. The molecule has 112 valence electrons. The van der Waals surface area contributed by atoms with Crippen LogP contribution in [0.15, 0.2) is 6.07 Å². The second kappa shape index (κ2) is 6.88. The Hall–Kier alpha value is -1.36. The van der Waals surface area contributed by atoms with Crippen molar-refractivity contribution in [1.82, 2.24) is 14.9 Å². The molecule has 0 aliphatic carbocycles. The third-order valence-electron chi connectivity index (χ3n) is 4.06. The van der Waals surface area contributed by atoms with E-state index in [1.165, 1.54) is 6.42 Å². The molecule has 2 rings (SSSR count). The molecule has 0 amide bonds. The van der Waals surface area contributed by atoms with Crippen molar-refractivity contribution in [3.63, 3.8) is 0 Å². The summed E-state index contributed by atoms with van der Waals surface area (Å²) in [5.41, 5.74) is 0. The van der Waals surface area contributed by atoms with Gasteiger partial charge in [-0.25, -0.2) is 9.97 Å². The van der Waals surface area contributed by atoms with Crippen LogP contribution in [0.4, 0.5) is 11.6 Å². The number of aryl methyl sites for hydroxylation is 1. The largest absolute Gasteiger partial charge is 0.373 e. The van der Waals surface area contributed by atoms with E-state index in [0.29, 0.717) is 6.04 Å². The van der Waals surface area contributed by atoms with Crippen LogP contribution in [0.2, 0.25) is 0 Å². The number of likely N-dealkylation sites (N-methyl/N-ethyl adjacent to an activating group) is 1. The van der Waals surface area contributed by atoms with Gasteiger partial charge in [0.15, 0.2) is 0 Å². The number of nitrogens with one attached hydrogen (secondary N) is 1. The van der Waals surface area contributed by atoms with Gasteiger partial charge in [-0.15, -0.1) is 0 Å². The molecule has 0 radical (unpaired) electrons. The zero-order valence-electron chi connectivity index (χ0n) is 13.2. The number of rotatable bonds is 5. The molecule has 1 N–H and O–H groups in total. The Morgan fingerprint density at radius 1 is 1.30 bits per heavy atom. The summed E-state index contributed by atoms with van der Waals surface area (Å²) in [5, 5.41) is 3.15. The lowest BCUT2D eigenvalue weighted by molar-refractivity contribution is 0.213. The molecule has 1 fully saturated rings. The van der Waals surface area contributed by atoms with E-state index in [0.717, 1.165) is 49.9 Å². The molecule has 20 heavy (non-hydrogen) atoms. The number of piperazine rings is 1. The van der Waals surface area contributed by atoms with Gasteiger partial charge in [0, 0.05) is 45.2 Å². The number of hydrogen-bond donors (Lipinski definition) is 1. The predicted octanol–water partition coefficient (Wildman–Crippen LogP) is 2.00. The van der Waals surface area contributed by atoms with Gasteiger partial charge < -0.3 is 10.2 Å². The zero-order chi connectivity index (χ0) is 14.5. The Bertz CT molecular complexity index is 434. The van der Waals surface area contributed by atoms with Crippen LogP contribution in [0.5, 0.6) is 0 Å². The normalized spacial score (nSPS) is 20.2. The molecule has 1 aromatic rings. The molecule has 1 saturated heterocycles. The van der Waals surface area contributed by atoms with Gasteiger partial charge in [0.05, 0.1) is 0 Å². The van der Waals surface area contributed by atoms with Gasteiger partial charge in [-0.1, -0.05) is 13.8 Å². The Morgan fingerprint density at radius 3 is 2.75 bits per heavy atom. The molecular weight excluding hydrogens is 250 g/mol. The number of anilines is 2. The maximum absolute atomic E-state index is 4.74. The molecule has 1 atom stereocenters. The van der Waals surface area contributed by atoms with Crippen molar-refractivity contribution in [3.05, 3.63) is 11.9 Å². The fourth-order valence-electron chi connectivity index (χ4n) is 2.70. The maximum Gasteiger partial charge on any atom is 0.134 e. The van der Waals surface area contributed by atoms with Crippen molar-refractivity contribution < 1.29 is 0 Å². The molecule has 1 aliphatic heterocycles. The smallest absolute Gasteiger partial charge is 0.134 e. The molecule has 0 bridgehead atoms. The minimum absolute atomic E-state index is 0.617. The first-order chi connectivity index (χ1) is 9.67. The quantitative estimate of drug-likeness (QED) is 0.892. The van der Waals surface area contributed by atoms with Gasteiger partial charge in [0.2, 0.25) is 0 Å². The maximum atomic E-state index is 4.74. The van der Waals surface area contributed by atoms with Gasteiger partial charge in [-0.2, -0.15) is 0 Å². The lowest BCUT2D eigenvalue weighted by Crippen LogP contribution is -2.51. The second-order valence-corrected chi connectivity index (χ2v) is 5.52. The van der Waals surface area contributed by atoms with Gasteiger partial charge >= 0.3 is 0 Å². The predicted molar refractivity (Wildman–Crippen MR) is 84.5 cm³/mol. The summed E-state index contributed by atoms with van der Waals surface area (Å²) in [6.45, 7) is 7.61. The van der Waals surface area contributed by atoms with Crippen LogP contribution in [0.3, 0.4) is 0 Å². The average Bonchev–Trinajstić information content (AvgIpc) is 2.47. The topological polar surface area (TPSA) is 44.3 Å². The van der Waals surface area contributed by atoms with Crippen molar-refractivity contribution in [2.45, 2.75) is 39.2 Å². The average molecular weight is 277 g/mol. The van der Waals surface area contributed by atoms with Crippen molar-refractivity contribution in [3.8, 4) is 0 Å². The third-order valence-corrected chi connectivity index (χ3v) is 4.06. The van der Waals surface area contributed by atoms with E-state index in [1.807, 2.05) is 7.05 Å². The lowest BCUT2D eigenvalue weighted by Gasteiger charge is -2.39. The number of nitrogens with zero attached hydrogens (tertiary/aromatic N) is 4. The molecule has 5 heteroatoms. The zero-order valence-corrected chi connectivity index (χ0v) is 13.2. The minimum Gasteiger partial charge on any atom is -0.373 e. The van der Waals surface area contributed by atoms with Crippen molar-refractivity contribution in [2.75, 3.05) is 43.9 Å². The first-order valence-electron chi connectivity index (χ1n) is 7.68. The van der Waals surface area contributed by atoms with Crippen LogP contribution in [0.1, 0.15) is 32.5 Å². The minimum atomic E-state index is 0.617. The number of hydrogen-bond acceptors (Lipinski definition) is 5. The van der Waals surface area contributed by atoms with Gasteiger partial charge in [0.1, 0.15) is 17.5 Å². The van der Waals surface area contributed by atoms with E-state index in [-0.39, 0.29) is 0 Å².